The van der Waals surface area contributed by atoms with Gasteiger partial charge in [0.05, 0.1) is 33.9 Å². The summed E-state index contributed by atoms with van der Waals surface area (Å²) in [5.74, 6) is 2.55. The molecule has 0 spiro atoms. The van der Waals surface area contributed by atoms with Gasteiger partial charge in [0.2, 0.25) is 0 Å². The molecule has 2 aromatic carbocycles. The number of likely N-dealkylation sites (tertiary alicyclic amines) is 1. The van der Waals surface area contributed by atoms with Crippen LogP contribution in [0.15, 0.2) is 47.5 Å². The fraction of sp³-hybridized carbons (Fsp3) is 0.435. The summed E-state index contributed by atoms with van der Waals surface area (Å²) in [5, 5.41) is 3.15. The summed E-state index contributed by atoms with van der Waals surface area (Å²) < 4.78 is 16.3. The van der Waals surface area contributed by atoms with E-state index in [2.05, 4.69) is 21.3 Å². The quantitative estimate of drug-likeness (QED) is 0.296. The van der Waals surface area contributed by atoms with E-state index in [1.165, 1.54) is 19.3 Å². The van der Waals surface area contributed by atoms with Crippen LogP contribution < -0.4 is 25.3 Å². The van der Waals surface area contributed by atoms with Gasteiger partial charge < -0.3 is 25.3 Å². The Hall–Kier alpha value is -2.20. The summed E-state index contributed by atoms with van der Waals surface area (Å²) in [4.78, 5) is 7.14. The van der Waals surface area contributed by atoms with Crippen molar-refractivity contribution in [1.29, 1.82) is 0 Å². The smallest absolute Gasteiger partial charge is 0.193 e. The molecule has 1 fully saturated rings. The maximum Gasteiger partial charge on any atom is 0.193 e. The molecule has 8 heteroatoms. The van der Waals surface area contributed by atoms with Gasteiger partial charge in [0, 0.05) is 17.3 Å². The number of hydrogen-bond acceptors (Lipinski definition) is 5. The van der Waals surface area contributed by atoms with Crippen molar-refractivity contribution in [2.24, 2.45) is 10.7 Å². The summed E-state index contributed by atoms with van der Waals surface area (Å²) in [6.07, 6.45) is 3.69. The molecular weight excluding hydrogens is 507 g/mol. The van der Waals surface area contributed by atoms with Gasteiger partial charge in [-0.05, 0) is 44.1 Å². The number of guanidine groups is 1. The molecule has 0 saturated carbocycles. The lowest BCUT2D eigenvalue weighted by Gasteiger charge is -2.34. The van der Waals surface area contributed by atoms with E-state index in [0.29, 0.717) is 24.0 Å². The zero-order chi connectivity index (χ0) is 21.3. The van der Waals surface area contributed by atoms with Crippen LogP contribution in [-0.2, 0) is 0 Å². The van der Waals surface area contributed by atoms with E-state index in [9.17, 15) is 0 Å². The minimum atomic E-state index is 0. The van der Waals surface area contributed by atoms with Gasteiger partial charge in [-0.2, -0.15) is 0 Å². The minimum absolute atomic E-state index is 0. The van der Waals surface area contributed by atoms with Gasteiger partial charge >= 0.3 is 0 Å². The average molecular weight is 540 g/mol. The van der Waals surface area contributed by atoms with Gasteiger partial charge in [-0.15, -0.1) is 24.0 Å². The van der Waals surface area contributed by atoms with Crippen molar-refractivity contribution in [2.75, 3.05) is 46.3 Å². The highest BCUT2D eigenvalue weighted by Crippen LogP contribution is 2.32. The topological polar surface area (TPSA) is 81.3 Å². The van der Waals surface area contributed by atoms with Crippen LogP contribution in [0.25, 0.3) is 0 Å². The van der Waals surface area contributed by atoms with Gasteiger partial charge in [0.25, 0.3) is 0 Å². The highest BCUT2D eigenvalue weighted by molar-refractivity contribution is 14.0. The first-order valence-corrected chi connectivity index (χ1v) is 10.3. The number of ether oxygens (including phenoxy) is 3. The average Bonchev–Trinajstić information content (AvgIpc) is 2.80. The summed E-state index contributed by atoms with van der Waals surface area (Å²) in [5.41, 5.74) is 8.15. The van der Waals surface area contributed by atoms with E-state index in [-0.39, 0.29) is 30.0 Å². The number of rotatable bonds is 8. The largest absolute Gasteiger partial charge is 0.496 e. The Bertz CT molecular complexity index is 856. The lowest BCUT2D eigenvalue weighted by atomic mass is 10.0. The van der Waals surface area contributed by atoms with Gasteiger partial charge in [0.1, 0.15) is 5.75 Å². The number of benzene rings is 2. The van der Waals surface area contributed by atoms with E-state index in [1.54, 1.807) is 21.3 Å². The molecule has 2 aromatic rings. The molecule has 31 heavy (non-hydrogen) atoms. The van der Waals surface area contributed by atoms with Crippen LogP contribution in [0.5, 0.6) is 17.2 Å². The number of nitrogens with two attached hydrogens (primary N) is 1. The number of aliphatic imine (C=N–C) groups is 1. The number of halogens is 1. The minimum Gasteiger partial charge on any atom is -0.496 e. The van der Waals surface area contributed by atoms with Crippen LogP contribution in [0.2, 0.25) is 0 Å². The predicted molar refractivity (Wildman–Crippen MR) is 136 cm³/mol. The summed E-state index contributed by atoms with van der Waals surface area (Å²) in [6.45, 7) is 2.66. The molecule has 170 valence electrons. The van der Waals surface area contributed by atoms with Gasteiger partial charge in [0.15, 0.2) is 17.5 Å². The highest BCUT2D eigenvalue weighted by atomic mass is 127. The third-order valence-corrected chi connectivity index (χ3v) is 5.42. The number of nitrogens with one attached hydrogen (secondary N) is 1. The Labute approximate surface area is 202 Å². The van der Waals surface area contributed by atoms with Crippen molar-refractivity contribution < 1.29 is 14.2 Å². The number of nitrogens with zero attached hydrogens (tertiary/aromatic N) is 2. The number of anilines is 1. The zero-order valence-corrected chi connectivity index (χ0v) is 20.8. The van der Waals surface area contributed by atoms with Crippen molar-refractivity contribution in [3.63, 3.8) is 0 Å². The molecule has 0 amide bonds. The molecule has 3 rings (SSSR count). The summed E-state index contributed by atoms with van der Waals surface area (Å²) >= 11 is 0. The van der Waals surface area contributed by atoms with Gasteiger partial charge in [-0.3, -0.25) is 9.89 Å². The second kappa shape index (κ2) is 12.6. The number of hydrogen-bond donors (Lipinski definition) is 2. The first-order valence-electron chi connectivity index (χ1n) is 10.3. The van der Waals surface area contributed by atoms with E-state index in [1.807, 2.05) is 36.4 Å². The van der Waals surface area contributed by atoms with Crippen molar-refractivity contribution >= 4 is 35.6 Å². The molecule has 0 aromatic heterocycles. The molecule has 7 nitrogen and oxygen atoms in total. The summed E-state index contributed by atoms with van der Waals surface area (Å²) in [6, 6.07) is 13.8. The van der Waals surface area contributed by atoms with Crippen LogP contribution in [0.3, 0.4) is 0 Å². The molecule has 1 saturated heterocycles. The molecule has 1 heterocycles. The lowest BCUT2D eigenvalue weighted by Crippen LogP contribution is -2.36. The first kappa shape index (κ1) is 25.1. The Kier molecular flexibility index (Phi) is 10.2. The highest BCUT2D eigenvalue weighted by Gasteiger charge is 2.24. The fourth-order valence-corrected chi connectivity index (χ4v) is 3.87. The third kappa shape index (κ3) is 6.64. The second-order valence-electron chi connectivity index (χ2n) is 7.28. The standard InChI is InChI=1S/C23H32N4O3.HI/c1-28-20-10-6-5-9-18(20)19(27-13-7-4-8-14-27)16-25-23(24)26-17-11-12-21(29-2)22(15-17)30-3;/h5-6,9-12,15,19H,4,7-8,13-14,16H2,1-3H3,(H3,24,25,26);1H. The molecule has 0 radical (unpaired) electrons. The third-order valence-electron chi connectivity index (χ3n) is 5.42. The van der Waals surface area contributed by atoms with E-state index >= 15 is 0 Å². The fourth-order valence-electron chi connectivity index (χ4n) is 3.87. The summed E-state index contributed by atoms with van der Waals surface area (Å²) in [7, 11) is 4.93. The van der Waals surface area contributed by atoms with E-state index < -0.39 is 0 Å². The van der Waals surface area contributed by atoms with Crippen LogP contribution in [0.4, 0.5) is 5.69 Å². The Balaban J connectivity index is 0.00000341. The van der Waals surface area contributed by atoms with Crippen LogP contribution in [0, 0.1) is 0 Å². The predicted octanol–water partition coefficient (Wildman–Crippen LogP) is 4.28. The second-order valence-corrected chi connectivity index (χ2v) is 7.28. The number of piperidine rings is 1. The molecular formula is C23H33IN4O3. The molecule has 1 unspecified atom stereocenters. The monoisotopic (exact) mass is 540 g/mol. The van der Waals surface area contributed by atoms with E-state index in [4.69, 9.17) is 19.9 Å². The normalized spacial score (nSPS) is 15.5. The molecule has 1 aliphatic rings. The first-order chi connectivity index (χ1) is 14.7. The van der Waals surface area contributed by atoms with Gasteiger partial charge in [-0.1, -0.05) is 24.6 Å². The SMILES string of the molecule is COc1ccc(NC(N)=NCC(c2ccccc2OC)N2CCCCC2)cc1OC.I. The lowest BCUT2D eigenvalue weighted by molar-refractivity contribution is 0.165. The molecule has 0 aliphatic carbocycles. The van der Waals surface area contributed by atoms with Crippen molar-refractivity contribution in [3.05, 3.63) is 48.0 Å². The Morgan fingerprint density at radius 2 is 1.65 bits per heavy atom. The molecule has 3 N–H and O–H groups in total. The Morgan fingerprint density at radius 1 is 0.968 bits per heavy atom. The van der Waals surface area contributed by atoms with E-state index in [0.717, 1.165) is 30.1 Å². The number of methoxy groups -OCH3 is 3. The Morgan fingerprint density at radius 3 is 2.32 bits per heavy atom. The van der Waals surface area contributed by atoms with Crippen molar-refractivity contribution in [3.8, 4) is 17.2 Å². The maximum absolute atomic E-state index is 6.21. The zero-order valence-electron chi connectivity index (χ0n) is 18.5. The van der Waals surface area contributed by atoms with Crippen LogP contribution in [0.1, 0.15) is 30.9 Å². The number of para-hydroxylation sites is 1. The van der Waals surface area contributed by atoms with Crippen LogP contribution >= 0.6 is 24.0 Å². The molecule has 0 bridgehead atoms. The molecule has 1 aliphatic heterocycles. The van der Waals surface area contributed by atoms with Gasteiger partial charge in [-0.25, -0.2) is 0 Å². The van der Waals surface area contributed by atoms with Crippen LogP contribution in [-0.4, -0.2) is 51.8 Å². The maximum atomic E-state index is 6.21. The molecule has 1 atom stereocenters. The van der Waals surface area contributed by atoms with Crippen molar-refractivity contribution in [1.82, 2.24) is 4.90 Å². The van der Waals surface area contributed by atoms with Crippen molar-refractivity contribution in [2.45, 2.75) is 25.3 Å².